The molecule has 0 saturated carbocycles. The van der Waals surface area contributed by atoms with Gasteiger partial charge in [0, 0.05) is 17.3 Å². The summed E-state index contributed by atoms with van der Waals surface area (Å²) >= 11 is 12.2. The Morgan fingerprint density at radius 3 is 2.72 bits per heavy atom. The van der Waals surface area contributed by atoms with Crippen molar-refractivity contribution >= 4 is 46.3 Å². The van der Waals surface area contributed by atoms with Gasteiger partial charge in [-0.05, 0) is 49.7 Å². The fourth-order valence-electron chi connectivity index (χ4n) is 2.46. The predicted octanol–water partition coefficient (Wildman–Crippen LogP) is 5.39. The Labute approximate surface area is 156 Å². The van der Waals surface area contributed by atoms with Crippen molar-refractivity contribution in [3.05, 3.63) is 64.3 Å². The Hall–Kier alpha value is -2.37. The standard InChI is InChI=1S/C18H17Cl2N5/c1-3-25(14-6-4-5-12(2)9-14)17-11-21-24-18(23-17)22-16-10-13(19)7-8-15(16)20/h4-11H,3H2,1-2H3,(H,22,23,24). The molecule has 0 unspecified atom stereocenters. The average molecular weight is 374 g/mol. The second-order valence-electron chi connectivity index (χ2n) is 5.47. The topological polar surface area (TPSA) is 53.9 Å². The Bertz CT molecular complexity index is 885. The van der Waals surface area contributed by atoms with E-state index in [0.717, 1.165) is 12.2 Å². The molecule has 0 aliphatic carbocycles. The van der Waals surface area contributed by atoms with Crippen molar-refractivity contribution in [2.45, 2.75) is 13.8 Å². The van der Waals surface area contributed by atoms with Crippen LogP contribution in [0.1, 0.15) is 12.5 Å². The third-order valence-corrected chi connectivity index (χ3v) is 4.19. The molecule has 0 bridgehead atoms. The highest BCUT2D eigenvalue weighted by atomic mass is 35.5. The molecule has 0 atom stereocenters. The molecule has 1 aromatic heterocycles. The minimum absolute atomic E-state index is 0.354. The van der Waals surface area contributed by atoms with Crippen molar-refractivity contribution in [1.82, 2.24) is 15.2 Å². The van der Waals surface area contributed by atoms with Gasteiger partial charge in [0.1, 0.15) is 0 Å². The Kier molecular flexibility index (Phi) is 5.36. The SMILES string of the molecule is CCN(c1cccc(C)c1)c1cnnc(Nc2cc(Cl)ccc2Cl)n1. The van der Waals surface area contributed by atoms with E-state index in [-0.39, 0.29) is 0 Å². The zero-order valence-electron chi connectivity index (χ0n) is 13.9. The predicted molar refractivity (Wildman–Crippen MR) is 103 cm³/mol. The third kappa shape index (κ3) is 4.18. The second kappa shape index (κ2) is 7.68. The first-order chi connectivity index (χ1) is 12.1. The van der Waals surface area contributed by atoms with Crippen LogP contribution in [0.25, 0.3) is 0 Å². The fraction of sp³-hybridized carbons (Fsp3) is 0.167. The molecule has 0 aliphatic rings. The van der Waals surface area contributed by atoms with Gasteiger partial charge in [-0.3, -0.25) is 0 Å². The number of hydrogen-bond acceptors (Lipinski definition) is 5. The van der Waals surface area contributed by atoms with E-state index in [9.17, 15) is 0 Å². The number of benzene rings is 2. The number of rotatable bonds is 5. The lowest BCUT2D eigenvalue weighted by Crippen LogP contribution is -2.18. The molecule has 2 aromatic carbocycles. The number of nitrogens with zero attached hydrogens (tertiary/aromatic N) is 4. The van der Waals surface area contributed by atoms with E-state index in [2.05, 4.69) is 51.4 Å². The van der Waals surface area contributed by atoms with Gasteiger partial charge in [-0.25, -0.2) is 0 Å². The van der Waals surface area contributed by atoms with Crippen LogP contribution < -0.4 is 10.2 Å². The van der Waals surface area contributed by atoms with Crippen LogP contribution in [0.4, 0.5) is 23.1 Å². The molecule has 0 spiro atoms. The van der Waals surface area contributed by atoms with Crippen LogP contribution in [0.15, 0.2) is 48.7 Å². The number of nitrogens with one attached hydrogen (secondary N) is 1. The van der Waals surface area contributed by atoms with E-state index in [0.29, 0.717) is 27.5 Å². The van der Waals surface area contributed by atoms with Gasteiger partial charge in [-0.15, -0.1) is 5.10 Å². The van der Waals surface area contributed by atoms with Crippen LogP contribution in [-0.2, 0) is 0 Å². The van der Waals surface area contributed by atoms with Crippen LogP contribution in [-0.4, -0.2) is 21.7 Å². The van der Waals surface area contributed by atoms with Crippen molar-refractivity contribution in [3.8, 4) is 0 Å². The maximum Gasteiger partial charge on any atom is 0.249 e. The smallest absolute Gasteiger partial charge is 0.249 e. The maximum absolute atomic E-state index is 6.18. The van der Waals surface area contributed by atoms with E-state index in [1.807, 2.05) is 12.1 Å². The normalized spacial score (nSPS) is 10.6. The summed E-state index contributed by atoms with van der Waals surface area (Å²) in [4.78, 5) is 6.62. The molecular weight excluding hydrogens is 357 g/mol. The molecule has 128 valence electrons. The van der Waals surface area contributed by atoms with Crippen LogP contribution in [0, 0.1) is 6.92 Å². The van der Waals surface area contributed by atoms with Gasteiger partial charge < -0.3 is 10.2 Å². The van der Waals surface area contributed by atoms with E-state index in [1.54, 1.807) is 24.4 Å². The average Bonchev–Trinajstić information content (AvgIpc) is 2.59. The summed E-state index contributed by atoms with van der Waals surface area (Å²) in [5, 5.41) is 12.3. The Balaban J connectivity index is 1.91. The zero-order valence-corrected chi connectivity index (χ0v) is 15.4. The minimum atomic E-state index is 0.354. The number of halogens is 2. The molecular formula is C18H17Cl2N5. The molecule has 0 fully saturated rings. The van der Waals surface area contributed by atoms with Crippen molar-refractivity contribution in [2.24, 2.45) is 0 Å². The summed E-state index contributed by atoms with van der Waals surface area (Å²) in [7, 11) is 0. The first-order valence-electron chi connectivity index (χ1n) is 7.83. The van der Waals surface area contributed by atoms with Gasteiger partial charge in [0.25, 0.3) is 0 Å². The van der Waals surface area contributed by atoms with Crippen LogP contribution in [0.2, 0.25) is 10.0 Å². The molecule has 3 aromatic rings. The third-order valence-electron chi connectivity index (χ3n) is 3.63. The van der Waals surface area contributed by atoms with Crippen molar-refractivity contribution < 1.29 is 0 Å². The van der Waals surface area contributed by atoms with E-state index < -0.39 is 0 Å². The summed E-state index contributed by atoms with van der Waals surface area (Å²) in [6.45, 7) is 4.87. The fourth-order valence-corrected chi connectivity index (χ4v) is 2.80. The highest BCUT2D eigenvalue weighted by Gasteiger charge is 2.12. The highest BCUT2D eigenvalue weighted by Crippen LogP contribution is 2.28. The maximum atomic E-state index is 6.18. The molecule has 0 amide bonds. The summed E-state index contributed by atoms with van der Waals surface area (Å²) in [6.07, 6.45) is 1.64. The summed E-state index contributed by atoms with van der Waals surface area (Å²) in [5.41, 5.74) is 2.86. The minimum Gasteiger partial charge on any atom is -0.325 e. The number of hydrogen-bond donors (Lipinski definition) is 1. The van der Waals surface area contributed by atoms with Gasteiger partial charge in [-0.2, -0.15) is 10.1 Å². The lowest BCUT2D eigenvalue weighted by atomic mass is 10.2. The van der Waals surface area contributed by atoms with Gasteiger partial charge >= 0.3 is 0 Å². The first kappa shape index (κ1) is 17.5. The van der Waals surface area contributed by atoms with Crippen molar-refractivity contribution in [3.63, 3.8) is 0 Å². The molecule has 0 radical (unpaired) electrons. The molecule has 5 nitrogen and oxygen atoms in total. The molecule has 25 heavy (non-hydrogen) atoms. The van der Waals surface area contributed by atoms with Crippen molar-refractivity contribution in [2.75, 3.05) is 16.8 Å². The van der Waals surface area contributed by atoms with Crippen molar-refractivity contribution in [1.29, 1.82) is 0 Å². The lowest BCUT2D eigenvalue weighted by molar-refractivity contribution is 0.921. The van der Waals surface area contributed by atoms with E-state index in [4.69, 9.17) is 23.2 Å². The van der Waals surface area contributed by atoms with E-state index >= 15 is 0 Å². The van der Waals surface area contributed by atoms with Crippen LogP contribution in [0.5, 0.6) is 0 Å². The quantitative estimate of drug-likeness (QED) is 0.649. The zero-order chi connectivity index (χ0) is 17.8. The summed E-state index contributed by atoms with van der Waals surface area (Å²) in [6, 6.07) is 13.4. The summed E-state index contributed by atoms with van der Waals surface area (Å²) < 4.78 is 0. The largest absolute Gasteiger partial charge is 0.325 e. The second-order valence-corrected chi connectivity index (χ2v) is 6.31. The van der Waals surface area contributed by atoms with Gasteiger partial charge in [0.15, 0.2) is 5.82 Å². The van der Waals surface area contributed by atoms with E-state index in [1.165, 1.54) is 5.56 Å². The Morgan fingerprint density at radius 2 is 1.96 bits per heavy atom. The Morgan fingerprint density at radius 1 is 1.12 bits per heavy atom. The number of anilines is 4. The van der Waals surface area contributed by atoms with Crippen LogP contribution >= 0.6 is 23.2 Å². The monoisotopic (exact) mass is 373 g/mol. The van der Waals surface area contributed by atoms with Gasteiger partial charge in [-0.1, -0.05) is 35.3 Å². The lowest BCUT2D eigenvalue weighted by Gasteiger charge is -2.22. The number of aryl methyl sites for hydroxylation is 1. The molecule has 0 aliphatic heterocycles. The van der Waals surface area contributed by atoms with Gasteiger partial charge in [0.05, 0.1) is 16.9 Å². The molecule has 7 heteroatoms. The molecule has 0 saturated heterocycles. The molecule has 1 heterocycles. The van der Waals surface area contributed by atoms with Gasteiger partial charge in [0.2, 0.25) is 5.95 Å². The van der Waals surface area contributed by atoms with Crippen LogP contribution in [0.3, 0.4) is 0 Å². The number of aromatic nitrogens is 3. The highest BCUT2D eigenvalue weighted by molar-refractivity contribution is 6.35. The summed E-state index contributed by atoms with van der Waals surface area (Å²) in [5.74, 6) is 1.05. The molecule has 1 N–H and O–H groups in total. The molecule has 3 rings (SSSR count). The first-order valence-corrected chi connectivity index (χ1v) is 8.58.